The number of hydrogen-bond donors (Lipinski definition) is 2. The summed E-state index contributed by atoms with van der Waals surface area (Å²) in [5.74, 6) is 1.36. The van der Waals surface area contributed by atoms with Gasteiger partial charge in [-0.1, -0.05) is 35.3 Å². The molecule has 28 heavy (non-hydrogen) atoms. The molecule has 0 heterocycles. The SMILES string of the molecule is CCOc1cc(CNCCOCCO)ccc1OCc1ccc(Cl)cc1Cl.Cl. The predicted octanol–water partition coefficient (Wildman–Crippen LogP) is 4.49. The number of nitrogens with one attached hydrogen (secondary N) is 1. The summed E-state index contributed by atoms with van der Waals surface area (Å²) in [4.78, 5) is 0. The molecule has 0 amide bonds. The average molecular weight is 451 g/mol. The molecule has 0 aliphatic rings. The van der Waals surface area contributed by atoms with Crippen molar-refractivity contribution < 1.29 is 19.3 Å². The van der Waals surface area contributed by atoms with Crippen molar-refractivity contribution in [3.63, 3.8) is 0 Å². The average Bonchev–Trinajstić information content (AvgIpc) is 2.65. The molecule has 0 bridgehead atoms. The van der Waals surface area contributed by atoms with Crippen molar-refractivity contribution in [1.82, 2.24) is 5.32 Å². The van der Waals surface area contributed by atoms with E-state index in [4.69, 9.17) is 42.5 Å². The fourth-order valence-electron chi connectivity index (χ4n) is 2.39. The molecule has 0 radical (unpaired) electrons. The highest BCUT2D eigenvalue weighted by Crippen LogP contribution is 2.30. The maximum Gasteiger partial charge on any atom is 0.161 e. The molecule has 2 aromatic rings. The molecule has 0 aliphatic heterocycles. The van der Waals surface area contributed by atoms with Gasteiger partial charge in [-0.2, -0.15) is 0 Å². The smallest absolute Gasteiger partial charge is 0.161 e. The van der Waals surface area contributed by atoms with Crippen LogP contribution in [0.1, 0.15) is 18.1 Å². The molecule has 0 aliphatic carbocycles. The number of aliphatic hydroxyl groups excluding tert-OH is 1. The third-order valence-electron chi connectivity index (χ3n) is 3.69. The molecule has 0 spiro atoms. The molecule has 2 aromatic carbocycles. The van der Waals surface area contributed by atoms with Gasteiger partial charge in [-0.3, -0.25) is 0 Å². The van der Waals surface area contributed by atoms with Crippen LogP contribution in [0.5, 0.6) is 11.5 Å². The Morgan fingerprint density at radius 2 is 1.82 bits per heavy atom. The highest BCUT2D eigenvalue weighted by Gasteiger charge is 2.09. The van der Waals surface area contributed by atoms with Gasteiger partial charge in [-0.25, -0.2) is 0 Å². The molecule has 5 nitrogen and oxygen atoms in total. The van der Waals surface area contributed by atoms with E-state index >= 15 is 0 Å². The van der Waals surface area contributed by atoms with E-state index in [9.17, 15) is 0 Å². The normalized spacial score (nSPS) is 10.4. The standard InChI is InChI=1S/C20H25Cl2NO4.ClH/c1-2-26-20-11-15(13-23-7-9-25-10-8-24)3-6-19(20)27-14-16-4-5-17(21)12-18(16)22;/h3-6,11-12,23-24H,2,7-10,13-14H2,1H3;1H. The zero-order valence-corrected chi connectivity index (χ0v) is 18.1. The Morgan fingerprint density at radius 1 is 1.00 bits per heavy atom. The lowest BCUT2D eigenvalue weighted by Crippen LogP contribution is -2.20. The lowest BCUT2D eigenvalue weighted by atomic mass is 10.2. The van der Waals surface area contributed by atoms with E-state index in [2.05, 4.69) is 5.32 Å². The van der Waals surface area contributed by atoms with Crippen molar-refractivity contribution >= 4 is 35.6 Å². The van der Waals surface area contributed by atoms with Crippen LogP contribution in [0.4, 0.5) is 0 Å². The van der Waals surface area contributed by atoms with E-state index in [0.29, 0.717) is 61.1 Å². The summed E-state index contributed by atoms with van der Waals surface area (Å²) in [5.41, 5.74) is 1.94. The zero-order valence-electron chi connectivity index (χ0n) is 15.7. The van der Waals surface area contributed by atoms with E-state index in [1.165, 1.54) is 0 Å². The van der Waals surface area contributed by atoms with Gasteiger partial charge in [0, 0.05) is 28.7 Å². The zero-order chi connectivity index (χ0) is 19.5. The molecule has 156 valence electrons. The second-order valence-corrected chi connectivity index (χ2v) is 6.59. The molecule has 0 fully saturated rings. The first-order valence-electron chi connectivity index (χ1n) is 8.85. The fraction of sp³-hybridized carbons (Fsp3) is 0.400. The Labute approximate surface area is 182 Å². The maximum atomic E-state index is 8.67. The number of rotatable bonds is 12. The third-order valence-corrected chi connectivity index (χ3v) is 4.28. The van der Waals surface area contributed by atoms with E-state index < -0.39 is 0 Å². The number of ether oxygens (including phenoxy) is 3. The summed E-state index contributed by atoms with van der Waals surface area (Å²) in [6, 6.07) is 11.2. The van der Waals surface area contributed by atoms with E-state index in [1.54, 1.807) is 12.1 Å². The molecule has 0 saturated carbocycles. The van der Waals surface area contributed by atoms with Crippen LogP contribution >= 0.6 is 35.6 Å². The fourth-order valence-corrected chi connectivity index (χ4v) is 2.85. The van der Waals surface area contributed by atoms with Gasteiger partial charge in [0.1, 0.15) is 6.61 Å². The van der Waals surface area contributed by atoms with Crippen LogP contribution in [0.3, 0.4) is 0 Å². The summed E-state index contributed by atoms with van der Waals surface area (Å²) in [7, 11) is 0. The molecule has 0 saturated heterocycles. The van der Waals surface area contributed by atoms with E-state index in [1.807, 2.05) is 31.2 Å². The van der Waals surface area contributed by atoms with Crippen LogP contribution in [-0.4, -0.2) is 38.1 Å². The van der Waals surface area contributed by atoms with Crippen molar-refractivity contribution in [2.75, 3.05) is 33.0 Å². The first-order valence-corrected chi connectivity index (χ1v) is 9.61. The van der Waals surface area contributed by atoms with Crippen LogP contribution in [0, 0.1) is 0 Å². The highest BCUT2D eigenvalue weighted by molar-refractivity contribution is 6.35. The first kappa shape index (κ1) is 24.8. The molecular formula is C20H26Cl3NO4. The first-order chi connectivity index (χ1) is 13.1. The minimum atomic E-state index is 0. The van der Waals surface area contributed by atoms with Crippen LogP contribution in [-0.2, 0) is 17.9 Å². The maximum absolute atomic E-state index is 8.67. The number of aliphatic hydroxyl groups is 1. The predicted molar refractivity (Wildman–Crippen MR) is 115 cm³/mol. The largest absolute Gasteiger partial charge is 0.490 e. The van der Waals surface area contributed by atoms with Gasteiger partial charge in [0.25, 0.3) is 0 Å². The van der Waals surface area contributed by atoms with Crippen LogP contribution < -0.4 is 14.8 Å². The second-order valence-electron chi connectivity index (χ2n) is 5.75. The Balaban J connectivity index is 0.00000392. The van der Waals surface area contributed by atoms with Gasteiger partial charge >= 0.3 is 0 Å². The third kappa shape index (κ3) is 8.43. The molecule has 2 N–H and O–H groups in total. The summed E-state index contributed by atoms with van der Waals surface area (Å²) < 4.78 is 16.8. The Hall–Kier alpha value is -1.21. The van der Waals surface area contributed by atoms with Gasteiger partial charge in [0.2, 0.25) is 0 Å². The van der Waals surface area contributed by atoms with Gasteiger partial charge in [0.15, 0.2) is 11.5 Å². The lowest BCUT2D eigenvalue weighted by molar-refractivity contribution is 0.0938. The Morgan fingerprint density at radius 3 is 2.54 bits per heavy atom. The van der Waals surface area contributed by atoms with Gasteiger partial charge in [0.05, 0.1) is 26.4 Å². The molecular weight excluding hydrogens is 425 g/mol. The van der Waals surface area contributed by atoms with Crippen molar-refractivity contribution in [3.05, 3.63) is 57.6 Å². The Bertz CT molecular complexity index is 716. The summed E-state index contributed by atoms with van der Waals surface area (Å²) in [5, 5.41) is 13.1. The van der Waals surface area contributed by atoms with Crippen molar-refractivity contribution in [1.29, 1.82) is 0 Å². The van der Waals surface area contributed by atoms with Crippen molar-refractivity contribution in [2.45, 2.75) is 20.1 Å². The van der Waals surface area contributed by atoms with Crippen LogP contribution in [0.15, 0.2) is 36.4 Å². The number of benzene rings is 2. The molecule has 2 rings (SSSR count). The molecule has 0 atom stereocenters. The highest BCUT2D eigenvalue weighted by atomic mass is 35.5. The van der Waals surface area contributed by atoms with Crippen LogP contribution in [0.25, 0.3) is 0 Å². The molecule has 8 heteroatoms. The minimum Gasteiger partial charge on any atom is -0.490 e. The quantitative estimate of drug-likeness (QED) is 0.467. The monoisotopic (exact) mass is 449 g/mol. The second kappa shape index (κ2) is 13.9. The van der Waals surface area contributed by atoms with Gasteiger partial charge < -0.3 is 24.6 Å². The van der Waals surface area contributed by atoms with Gasteiger partial charge in [-0.15, -0.1) is 12.4 Å². The van der Waals surface area contributed by atoms with E-state index in [0.717, 1.165) is 11.1 Å². The minimum absolute atomic E-state index is 0. The summed E-state index contributed by atoms with van der Waals surface area (Å²) in [6.07, 6.45) is 0. The number of hydrogen-bond acceptors (Lipinski definition) is 5. The molecule has 0 aromatic heterocycles. The van der Waals surface area contributed by atoms with Crippen LogP contribution in [0.2, 0.25) is 10.0 Å². The summed E-state index contributed by atoms with van der Waals surface area (Å²) in [6.45, 7) is 5.16. The molecule has 0 unspecified atom stereocenters. The topological polar surface area (TPSA) is 60.0 Å². The van der Waals surface area contributed by atoms with Crippen molar-refractivity contribution in [3.8, 4) is 11.5 Å². The van der Waals surface area contributed by atoms with Gasteiger partial charge in [-0.05, 0) is 36.8 Å². The van der Waals surface area contributed by atoms with E-state index in [-0.39, 0.29) is 19.0 Å². The van der Waals surface area contributed by atoms with Crippen molar-refractivity contribution in [2.24, 2.45) is 0 Å². The summed E-state index contributed by atoms with van der Waals surface area (Å²) >= 11 is 12.1. The Kier molecular flexibility index (Phi) is 12.3. The lowest BCUT2D eigenvalue weighted by Gasteiger charge is -2.14. The number of halogens is 3.